The van der Waals surface area contributed by atoms with E-state index < -0.39 is 0 Å². The van der Waals surface area contributed by atoms with E-state index in [-0.39, 0.29) is 10.8 Å². The van der Waals surface area contributed by atoms with Crippen LogP contribution in [0, 0.1) is 0 Å². The van der Waals surface area contributed by atoms with E-state index in [1.165, 1.54) is 99.5 Å². The third kappa shape index (κ3) is 3.34. The lowest BCUT2D eigenvalue weighted by Gasteiger charge is -2.24. The Morgan fingerprint density at radius 1 is 0.360 bits per heavy atom. The standard InChI is InChI=1S/C48H36N2/c1-47(2)37-25-23-33-31-19-11-13-21-41(31)49(29-15-7-5-8-16-29)45(33)43(37)35-28-40-36(27-39(35)47)44-38(48(40,3)4)26-24-34-32-20-12-14-22-42(32)50(46(34)44)30-17-9-6-10-18-30/h5-28H,1-4H3. The SMILES string of the molecule is CC1(C)c2cc3c(cc2-c2c1ccc1c4ccccc4n(-c4ccccc4)c21)C(C)(C)c1ccc2c4ccccc4n(-c4ccccc4)c2c1-3. The maximum absolute atomic E-state index is 2.58. The van der Waals surface area contributed by atoms with Gasteiger partial charge in [-0.15, -0.1) is 0 Å². The summed E-state index contributed by atoms with van der Waals surface area (Å²) in [6.07, 6.45) is 0. The van der Waals surface area contributed by atoms with E-state index in [1.807, 2.05) is 0 Å². The number of hydrogen-bond acceptors (Lipinski definition) is 0. The molecule has 0 saturated carbocycles. The van der Waals surface area contributed by atoms with Crippen molar-refractivity contribution in [1.29, 1.82) is 0 Å². The number of benzene rings is 7. The van der Waals surface area contributed by atoms with E-state index in [2.05, 4.69) is 182 Å². The molecular weight excluding hydrogens is 605 g/mol. The summed E-state index contributed by atoms with van der Waals surface area (Å²) in [5, 5.41) is 5.21. The minimum absolute atomic E-state index is 0.168. The second-order valence-electron chi connectivity index (χ2n) is 15.3. The van der Waals surface area contributed by atoms with Gasteiger partial charge in [0.05, 0.1) is 22.1 Å². The van der Waals surface area contributed by atoms with Gasteiger partial charge in [-0.05, 0) is 81.9 Å². The summed E-state index contributed by atoms with van der Waals surface area (Å²) in [7, 11) is 0. The van der Waals surface area contributed by atoms with Gasteiger partial charge in [-0.2, -0.15) is 0 Å². The third-order valence-corrected chi connectivity index (χ3v) is 12.1. The molecule has 0 radical (unpaired) electrons. The fourth-order valence-electron chi connectivity index (χ4n) is 9.73. The number of fused-ring (bicyclic) bond motifs is 14. The highest BCUT2D eigenvalue weighted by Crippen LogP contribution is 2.59. The zero-order valence-electron chi connectivity index (χ0n) is 28.8. The Morgan fingerprint density at radius 3 is 1.16 bits per heavy atom. The lowest BCUT2D eigenvalue weighted by atomic mass is 9.79. The third-order valence-electron chi connectivity index (χ3n) is 12.1. The minimum atomic E-state index is -0.168. The first kappa shape index (κ1) is 28.0. The quantitative estimate of drug-likeness (QED) is 0.178. The Kier molecular flexibility index (Phi) is 5.28. The Hall–Kier alpha value is -5.86. The van der Waals surface area contributed by atoms with Crippen molar-refractivity contribution in [1.82, 2.24) is 9.13 Å². The molecule has 0 unspecified atom stereocenters. The first-order valence-corrected chi connectivity index (χ1v) is 17.8. The zero-order chi connectivity index (χ0) is 33.5. The summed E-state index contributed by atoms with van der Waals surface area (Å²) in [5.41, 5.74) is 18.3. The topological polar surface area (TPSA) is 9.86 Å². The number of rotatable bonds is 2. The predicted octanol–water partition coefficient (Wildman–Crippen LogP) is 12.5. The van der Waals surface area contributed by atoms with Crippen LogP contribution < -0.4 is 0 Å². The highest BCUT2D eigenvalue weighted by atomic mass is 15.0. The van der Waals surface area contributed by atoms with Gasteiger partial charge in [-0.25, -0.2) is 0 Å². The van der Waals surface area contributed by atoms with E-state index in [4.69, 9.17) is 0 Å². The maximum atomic E-state index is 2.58. The van der Waals surface area contributed by atoms with Crippen LogP contribution in [0.15, 0.2) is 146 Å². The van der Waals surface area contributed by atoms with Crippen LogP contribution in [-0.2, 0) is 10.8 Å². The van der Waals surface area contributed by atoms with Crippen LogP contribution in [-0.4, -0.2) is 9.13 Å². The monoisotopic (exact) mass is 640 g/mol. The van der Waals surface area contributed by atoms with Gasteiger partial charge in [0.1, 0.15) is 0 Å². The van der Waals surface area contributed by atoms with Gasteiger partial charge in [-0.3, -0.25) is 0 Å². The van der Waals surface area contributed by atoms with Gasteiger partial charge in [-0.1, -0.05) is 125 Å². The normalized spacial score (nSPS) is 15.1. The molecular formula is C48H36N2. The van der Waals surface area contributed by atoms with Gasteiger partial charge in [0.2, 0.25) is 0 Å². The Morgan fingerprint density at radius 2 is 0.740 bits per heavy atom. The van der Waals surface area contributed by atoms with Crippen molar-refractivity contribution in [2.75, 3.05) is 0 Å². The molecule has 2 aliphatic rings. The van der Waals surface area contributed by atoms with E-state index in [1.54, 1.807) is 0 Å². The summed E-state index contributed by atoms with van der Waals surface area (Å²) in [6.45, 7) is 9.70. The van der Waals surface area contributed by atoms with Crippen molar-refractivity contribution in [3.8, 4) is 33.6 Å². The lowest BCUT2D eigenvalue weighted by molar-refractivity contribution is 0.652. The highest BCUT2D eigenvalue weighted by molar-refractivity contribution is 6.18. The minimum Gasteiger partial charge on any atom is -0.309 e. The van der Waals surface area contributed by atoms with Crippen LogP contribution >= 0.6 is 0 Å². The average molecular weight is 641 g/mol. The number of aromatic nitrogens is 2. The summed E-state index contributed by atoms with van der Waals surface area (Å²) in [5.74, 6) is 0. The lowest BCUT2D eigenvalue weighted by Crippen LogP contribution is -2.17. The van der Waals surface area contributed by atoms with Gasteiger partial charge < -0.3 is 9.13 Å². The van der Waals surface area contributed by atoms with Crippen molar-refractivity contribution in [3.05, 3.63) is 168 Å². The van der Waals surface area contributed by atoms with Crippen molar-refractivity contribution < 1.29 is 0 Å². The predicted molar refractivity (Wildman–Crippen MR) is 210 cm³/mol. The molecule has 11 rings (SSSR count). The molecule has 2 heterocycles. The molecule has 0 N–H and O–H groups in total. The summed E-state index contributed by atoms with van der Waals surface area (Å²) >= 11 is 0. The van der Waals surface area contributed by atoms with Crippen LogP contribution in [0.4, 0.5) is 0 Å². The van der Waals surface area contributed by atoms with Crippen molar-refractivity contribution >= 4 is 43.6 Å². The van der Waals surface area contributed by atoms with E-state index in [0.717, 1.165) is 0 Å². The molecule has 2 nitrogen and oxygen atoms in total. The first-order chi connectivity index (χ1) is 24.4. The highest BCUT2D eigenvalue weighted by Gasteiger charge is 2.44. The van der Waals surface area contributed by atoms with Crippen molar-refractivity contribution in [2.24, 2.45) is 0 Å². The molecule has 2 aromatic heterocycles. The first-order valence-electron chi connectivity index (χ1n) is 17.8. The molecule has 0 amide bonds. The maximum Gasteiger partial charge on any atom is 0.0622 e. The molecule has 7 aromatic carbocycles. The van der Waals surface area contributed by atoms with E-state index >= 15 is 0 Å². The van der Waals surface area contributed by atoms with Crippen LogP contribution in [0.25, 0.3) is 77.2 Å². The second kappa shape index (κ2) is 9.43. The molecule has 0 spiro atoms. The van der Waals surface area contributed by atoms with Crippen molar-refractivity contribution in [2.45, 2.75) is 38.5 Å². The van der Waals surface area contributed by atoms with Crippen LogP contribution in [0.2, 0.25) is 0 Å². The van der Waals surface area contributed by atoms with Gasteiger partial charge >= 0.3 is 0 Å². The molecule has 2 aliphatic carbocycles. The van der Waals surface area contributed by atoms with E-state index in [9.17, 15) is 0 Å². The van der Waals surface area contributed by atoms with Gasteiger partial charge in [0.15, 0.2) is 0 Å². The number of hydrogen-bond donors (Lipinski definition) is 0. The summed E-state index contributed by atoms with van der Waals surface area (Å²) in [6, 6.07) is 54.3. The summed E-state index contributed by atoms with van der Waals surface area (Å²) in [4.78, 5) is 0. The molecule has 238 valence electrons. The number of para-hydroxylation sites is 4. The van der Waals surface area contributed by atoms with E-state index in [0.29, 0.717) is 0 Å². The fraction of sp³-hybridized carbons (Fsp3) is 0.125. The molecule has 0 fully saturated rings. The van der Waals surface area contributed by atoms with Crippen LogP contribution in [0.1, 0.15) is 49.9 Å². The Labute approximate surface area is 291 Å². The van der Waals surface area contributed by atoms with Gasteiger partial charge in [0, 0.05) is 54.9 Å². The molecule has 9 aromatic rings. The van der Waals surface area contributed by atoms with Crippen molar-refractivity contribution in [3.63, 3.8) is 0 Å². The largest absolute Gasteiger partial charge is 0.309 e. The second-order valence-corrected chi connectivity index (χ2v) is 15.3. The average Bonchev–Trinajstić information content (AvgIpc) is 3.80. The Balaban J connectivity index is 1.27. The van der Waals surface area contributed by atoms with Crippen LogP contribution in [0.5, 0.6) is 0 Å². The van der Waals surface area contributed by atoms with Crippen LogP contribution in [0.3, 0.4) is 0 Å². The molecule has 50 heavy (non-hydrogen) atoms. The molecule has 0 bridgehead atoms. The Bertz CT molecular complexity index is 2700. The smallest absolute Gasteiger partial charge is 0.0622 e. The fourth-order valence-corrected chi connectivity index (χ4v) is 9.73. The molecule has 0 atom stereocenters. The molecule has 2 heteroatoms. The zero-order valence-corrected chi connectivity index (χ0v) is 28.8. The van der Waals surface area contributed by atoms with Gasteiger partial charge in [0.25, 0.3) is 0 Å². The number of nitrogens with zero attached hydrogens (tertiary/aromatic N) is 2. The summed E-state index contributed by atoms with van der Waals surface area (Å²) < 4.78 is 5.01. The molecule has 0 saturated heterocycles. The molecule has 0 aliphatic heterocycles.